The Morgan fingerprint density at radius 2 is 1.76 bits per heavy atom. The van der Waals surface area contributed by atoms with Gasteiger partial charge in [-0.15, -0.1) is 0 Å². The van der Waals surface area contributed by atoms with E-state index in [-0.39, 0.29) is 12.1 Å². The van der Waals surface area contributed by atoms with E-state index in [1.165, 1.54) is 0 Å². The molecule has 3 heterocycles. The topological polar surface area (TPSA) is 51.5 Å². The van der Waals surface area contributed by atoms with E-state index in [9.17, 15) is 0 Å². The molecule has 2 atom stereocenters. The van der Waals surface area contributed by atoms with E-state index < -0.39 is 0 Å². The molecule has 1 saturated heterocycles. The first-order chi connectivity index (χ1) is 16.7. The largest absolute Gasteiger partial charge is 0.495 e. The molecule has 0 bridgehead atoms. The Kier molecular flexibility index (Phi) is 6.18. The Hall–Kier alpha value is -3.84. The van der Waals surface area contributed by atoms with Crippen LogP contribution in [-0.4, -0.2) is 28.4 Å². The number of thiocarbonyl (C=S) groups is 1. The molecule has 1 aliphatic rings. The third-order valence-electron chi connectivity index (χ3n) is 5.95. The Morgan fingerprint density at radius 3 is 2.50 bits per heavy atom. The smallest absolute Gasteiger partial charge is 0.174 e. The molecule has 0 amide bonds. The van der Waals surface area contributed by atoms with Gasteiger partial charge in [-0.2, -0.15) is 0 Å². The lowest BCUT2D eigenvalue weighted by molar-refractivity contribution is 0.340. The number of pyridine rings is 1. The molecule has 0 unspecified atom stereocenters. The lowest BCUT2D eigenvalue weighted by Crippen LogP contribution is -2.30. The molecule has 6 nitrogen and oxygen atoms in total. The van der Waals surface area contributed by atoms with Crippen molar-refractivity contribution in [1.29, 1.82) is 0 Å². The number of para-hydroxylation sites is 2. The molecule has 0 radical (unpaired) electrons. The summed E-state index contributed by atoms with van der Waals surface area (Å²) in [6, 6.07) is 25.9. The highest BCUT2D eigenvalue weighted by atomic mass is 32.1. The first kappa shape index (κ1) is 22.0. The van der Waals surface area contributed by atoms with Crippen LogP contribution in [0.5, 0.6) is 11.5 Å². The summed E-state index contributed by atoms with van der Waals surface area (Å²) < 4.78 is 13.5. The number of nitrogens with zero attached hydrogens (tertiary/aromatic N) is 3. The number of nitrogens with one attached hydrogen (secondary N) is 1. The van der Waals surface area contributed by atoms with Crippen molar-refractivity contribution >= 4 is 23.0 Å². The minimum absolute atomic E-state index is 0.136. The van der Waals surface area contributed by atoms with Crippen molar-refractivity contribution in [3.8, 4) is 17.2 Å². The Morgan fingerprint density at radius 1 is 0.971 bits per heavy atom. The van der Waals surface area contributed by atoms with Gasteiger partial charge in [0.15, 0.2) is 5.11 Å². The van der Waals surface area contributed by atoms with Crippen molar-refractivity contribution in [2.24, 2.45) is 0 Å². The van der Waals surface area contributed by atoms with Crippen molar-refractivity contribution in [3.05, 3.63) is 103 Å². The molecule has 0 spiro atoms. The predicted octanol–water partition coefficient (Wildman–Crippen LogP) is 5.46. The highest BCUT2D eigenvalue weighted by Gasteiger charge is 2.42. The molecule has 2 aromatic heterocycles. The Labute approximate surface area is 204 Å². The quantitative estimate of drug-likeness (QED) is 0.362. The second-order valence-corrected chi connectivity index (χ2v) is 8.29. The molecule has 7 heteroatoms. The van der Waals surface area contributed by atoms with Gasteiger partial charge in [-0.3, -0.25) is 4.98 Å². The maximum absolute atomic E-state index is 5.87. The highest BCUT2D eigenvalue weighted by molar-refractivity contribution is 7.80. The van der Waals surface area contributed by atoms with Gasteiger partial charge in [0.2, 0.25) is 0 Å². The summed E-state index contributed by atoms with van der Waals surface area (Å²) >= 11 is 5.87. The van der Waals surface area contributed by atoms with Gasteiger partial charge in [0, 0.05) is 23.8 Å². The van der Waals surface area contributed by atoms with E-state index in [2.05, 4.69) is 44.2 Å². The molecule has 5 rings (SSSR count). The molecule has 172 valence electrons. The van der Waals surface area contributed by atoms with E-state index in [4.69, 9.17) is 21.7 Å². The van der Waals surface area contributed by atoms with Crippen molar-refractivity contribution in [1.82, 2.24) is 14.9 Å². The van der Waals surface area contributed by atoms with Gasteiger partial charge in [0.1, 0.15) is 17.5 Å². The summed E-state index contributed by atoms with van der Waals surface area (Å²) in [5.74, 6) is 1.63. The van der Waals surface area contributed by atoms with Crippen LogP contribution in [0.25, 0.3) is 5.69 Å². The third-order valence-corrected chi connectivity index (χ3v) is 6.27. The number of hydrogen-bond acceptors (Lipinski definition) is 4. The standard InChI is InChI=1S/C27H26N4O2S/c1-3-33-20-15-13-19(14-16-20)31-26(25(29-27(31)34)21-9-6-7-17-28-21)23-11-8-18-30(23)22-10-4-5-12-24(22)32-2/h4-18,25-26H,3H2,1-2H3,(H,29,34)/t25-,26+/m0/s1. The van der Waals surface area contributed by atoms with Gasteiger partial charge in [-0.25, -0.2) is 0 Å². The summed E-state index contributed by atoms with van der Waals surface area (Å²) in [6.07, 6.45) is 3.87. The predicted molar refractivity (Wildman–Crippen MR) is 138 cm³/mol. The monoisotopic (exact) mass is 470 g/mol. The fourth-order valence-electron chi connectivity index (χ4n) is 4.49. The molecule has 4 aromatic rings. The van der Waals surface area contributed by atoms with E-state index in [0.29, 0.717) is 11.7 Å². The minimum atomic E-state index is -0.139. The summed E-state index contributed by atoms with van der Waals surface area (Å²) in [5.41, 5.74) is 3.95. The van der Waals surface area contributed by atoms with Crippen LogP contribution in [0.4, 0.5) is 5.69 Å². The zero-order valence-corrected chi connectivity index (χ0v) is 19.9. The van der Waals surface area contributed by atoms with E-state index in [1.807, 2.05) is 73.8 Å². The number of anilines is 1. The molecule has 34 heavy (non-hydrogen) atoms. The van der Waals surface area contributed by atoms with Gasteiger partial charge in [-0.05, 0) is 79.8 Å². The second-order valence-electron chi connectivity index (χ2n) is 7.90. The first-order valence-electron chi connectivity index (χ1n) is 11.3. The zero-order chi connectivity index (χ0) is 23.5. The first-order valence-corrected chi connectivity index (χ1v) is 11.7. The van der Waals surface area contributed by atoms with Gasteiger partial charge in [0.25, 0.3) is 0 Å². The number of rotatable bonds is 7. The molecular weight excluding hydrogens is 444 g/mol. The minimum Gasteiger partial charge on any atom is -0.495 e. The number of methoxy groups -OCH3 is 1. The van der Waals surface area contributed by atoms with Crippen LogP contribution in [0.1, 0.15) is 30.4 Å². The number of aromatic nitrogens is 2. The summed E-state index contributed by atoms with van der Waals surface area (Å²) in [5, 5.41) is 4.17. The maximum atomic E-state index is 5.87. The van der Waals surface area contributed by atoms with Crippen LogP contribution in [0.3, 0.4) is 0 Å². The average Bonchev–Trinajstić information content (AvgIpc) is 3.49. The normalized spacial score (nSPS) is 17.5. The van der Waals surface area contributed by atoms with Crippen LogP contribution in [0.15, 0.2) is 91.3 Å². The maximum Gasteiger partial charge on any atom is 0.174 e. The van der Waals surface area contributed by atoms with Crippen molar-refractivity contribution in [2.75, 3.05) is 18.6 Å². The zero-order valence-electron chi connectivity index (χ0n) is 19.1. The van der Waals surface area contributed by atoms with Crippen LogP contribution < -0.4 is 19.7 Å². The van der Waals surface area contributed by atoms with E-state index in [1.54, 1.807) is 7.11 Å². The second kappa shape index (κ2) is 9.57. The lowest BCUT2D eigenvalue weighted by Gasteiger charge is -2.29. The van der Waals surface area contributed by atoms with Crippen molar-refractivity contribution in [2.45, 2.75) is 19.0 Å². The fourth-order valence-corrected chi connectivity index (χ4v) is 4.83. The van der Waals surface area contributed by atoms with Crippen molar-refractivity contribution in [3.63, 3.8) is 0 Å². The van der Waals surface area contributed by atoms with Crippen molar-refractivity contribution < 1.29 is 9.47 Å². The van der Waals surface area contributed by atoms with Gasteiger partial charge in [-0.1, -0.05) is 18.2 Å². The summed E-state index contributed by atoms with van der Waals surface area (Å²) in [4.78, 5) is 6.81. The highest BCUT2D eigenvalue weighted by Crippen LogP contribution is 2.43. The SMILES string of the molecule is CCOc1ccc(N2C(=S)N[C@@H](c3ccccn3)[C@H]2c2cccn2-c2ccccc2OC)cc1. The summed E-state index contributed by atoms with van der Waals surface area (Å²) in [6.45, 7) is 2.60. The van der Waals surface area contributed by atoms with Gasteiger partial charge >= 0.3 is 0 Å². The van der Waals surface area contributed by atoms with Crippen LogP contribution >= 0.6 is 12.2 Å². The van der Waals surface area contributed by atoms with Crippen LogP contribution in [-0.2, 0) is 0 Å². The van der Waals surface area contributed by atoms with Gasteiger partial charge in [0.05, 0.1) is 31.1 Å². The molecular formula is C27H26N4O2S. The average molecular weight is 471 g/mol. The number of hydrogen-bond donors (Lipinski definition) is 1. The Balaban J connectivity index is 1.64. The molecule has 0 aliphatic carbocycles. The van der Waals surface area contributed by atoms with E-state index in [0.717, 1.165) is 34.3 Å². The lowest BCUT2D eigenvalue weighted by atomic mass is 10.0. The third kappa shape index (κ3) is 3.99. The van der Waals surface area contributed by atoms with Crippen LogP contribution in [0, 0.1) is 0 Å². The fraction of sp³-hybridized carbons (Fsp3) is 0.185. The molecule has 1 fully saturated rings. The van der Waals surface area contributed by atoms with Crippen LogP contribution in [0.2, 0.25) is 0 Å². The molecule has 2 aromatic carbocycles. The Bertz CT molecular complexity index is 1270. The number of benzene rings is 2. The molecule has 0 saturated carbocycles. The van der Waals surface area contributed by atoms with Gasteiger partial charge < -0.3 is 24.3 Å². The number of ether oxygens (including phenoxy) is 2. The summed E-state index contributed by atoms with van der Waals surface area (Å²) in [7, 11) is 1.69. The molecule has 1 N–H and O–H groups in total. The van der Waals surface area contributed by atoms with E-state index >= 15 is 0 Å². The molecule has 1 aliphatic heterocycles.